The maximum Gasteiger partial charge on any atom is 0.324 e. The van der Waals surface area contributed by atoms with Crippen LogP contribution in [0.2, 0.25) is 0 Å². The summed E-state index contributed by atoms with van der Waals surface area (Å²) < 4.78 is 0. The Morgan fingerprint density at radius 1 is 1.33 bits per heavy atom. The number of thiazole rings is 1. The quantitative estimate of drug-likeness (QED) is 0.490. The van der Waals surface area contributed by atoms with Crippen molar-refractivity contribution in [2.75, 3.05) is 13.1 Å². The molecule has 2 aromatic heterocycles. The van der Waals surface area contributed by atoms with Gasteiger partial charge in [-0.3, -0.25) is 15.1 Å². The highest BCUT2D eigenvalue weighted by Crippen LogP contribution is 2.34. The molecule has 0 saturated carbocycles. The SMILES string of the molecule is O=[N+]([O-])c1ccc(-c2nc(/C=N/N3CCCCC3)cs2)s1. The summed E-state index contributed by atoms with van der Waals surface area (Å²) in [5, 5.41) is 20.1. The fourth-order valence-electron chi connectivity index (χ4n) is 2.13. The lowest BCUT2D eigenvalue weighted by atomic mass is 10.2. The molecule has 0 atom stereocenters. The number of piperidine rings is 1. The number of aromatic nitrogens is 1. The number of nitro groups is 1. The molecular weight excluding hydrogens is 308 g/mol. The molecule has 0 N–H and O–H groups in total. The van der Waals surface area contributed by atoms with Crippen LogP contribution in [0.1, 0.15) is 25.0 Å². The Morgan fingerprint density at radius 3 is 2.86 bits per heavy atom. The van der Waals surface area contributed by atoms with Gasteiger partial charge in [-0.05, 0) is 25.3 Å². The third-order valence-electron chi connectivity index (χ3n) is 3.19. The van der Waals surface area contributed by atoms with Crippen molar-refractivity contribution in [3.05, 3.63) is 33.3 Å². The number of hydrogen-bond donors (Lipinski definition) is 0. The zero-order valence-electron chi connectivity index (χ0n) is 11.3. The van der Waals surface area contributed by atoms with Crippen LogP contribution in [-0.4, -0.2) is 34.2 Å². The number of hydrazone groups is 1. The van der Waals surface area contributed by atoms with Crippen LogP contribution in [0.3, 0.4) is 0 Å². The normalized spacial score (nSPS) is 15.7. The topological polar surface area (TPSA) is 71.6 Å². The lowest BCUT2D eigenvalue weighted by Crippen LogP contribution is -2.24. The number of hydrogen-bond acceptors (Lipinski definition) is 7. The smallest absolute Gasteiger partial charge is 0.297 e. The fraction of sp³-hybridized carbons (Fsp3) is 0.385. The second kappa shape index (κ2) is 6.31. The molecule has 0 unspecified atom stereocenters. The second-order valence-corrected chi connectivity index (χ2v) is 6.65. The average molecular weight is 322 g/mol. The molecule has 8 heteroatoms. The summed E-state index contributed by atoms with van der Waals surface area (Å²) >= 11 is 2.63. The van der Waals surface area contributed by atoms with Crippen molar-refractivity contribution in [3.63, 3.8) is 0 Å². The van der Waals surface area contributed by atoms with Crippen molar-refractivity contribution in [2.24, 2.45) is 5.10 Å². The lowest BCUT2D eigenvalue weighted by molar-refractivity contribution is -0.380. The average Bonchev–Trinajstić information content (AvgIpc) is 3.15. The van der Waals surface area contributed by atoms with Gasteiger partial charge in [0.1, 0.15) is 5.01 Å². The molecule has 1 saturated heterocycles. The van der Waals surface area contributed by atoms with Crippen LogP contribution in [0, 0.1) is 10.1 Å². The highest BCUT2D eigenvalue weighted by molar-refractivity contribution is 7.23. The summed E-state index contributed by atoms with van der Waals surface area (Å²) in [6.07, 6.45) is 5.44. The van der Waals surface area contributed by atoms with Crippen molar-refractivity contribution < 1.29 is 4.92 Å². The van der Waals surface area contributed by atoms with Crippen molar-refractivity contribution >= 4 is 33.9 Å². The van der Waals surface area contributed by atoms with Gasteiger partial charge in [-0.2, -0.15) is 5.10 Å². The first kappa shape index (κ1) is 14.2. The summed E-state index contributed by atoms with van der Waals surface area (Å²) in [6, 6.07) is 3.26. The number of rotatable bonds is 4. The van der Waals surface area contributed by atoms with E-state index in [9.17, 15) is 10.1 Å². The van der Waals surface area contributed by atoms with E-state index in [0.717, 1.165) is 40.0 Å². The van der Waals surface area contributed by atoms with Gasteiger partial charge >= 0.3 is 5.00 Å². The van der Waals surface area contributed by atoms with Crippen LogP contribution in [0.4, 0.5) is 5.00 Å². The van der Waals surface area contributed by atoms with E-state index in [1.54, 1.807) is 12.3 Å². The van der Waals surface area contributed by atoms with Crippen molar-refractivity contribution in [1.82, 2.24) is 9.99 Å². The molecule has 3 rings (SSSR count). The molecule has 1 fully saturated rings. The zero-order chi connectivity index (χ0) is 14.7. The molecule has 0 aromatic carbocycles. The fourth-order valence-corrected chi connectivity index (χ4v) is 3.80. The van der Waals surface area contributed by atoms with Gasteiger partial charge < -0.3 is 0 Å². The molecule has 0 amide bonds. The first-order valence-electron chi connectivity index (χ1n) is 6.71. The standard InChI is InChI=1S/C13H14N4O2S2/c18-17(19)12-5-4-11(21-12)13-15-10(9-20-13)8-14-16-6-2-1-3-7-16/h4-5,8-9H,1-3,6-7H2/b14-8+. The van der Waals surface area contributed by atoms with Gasteiger partial charge in [0.15, 0.2) is 0 Å². The molecule has 6 nitrogen and oxygen atoms in total. The molecule has 1 aliphatic heterocycles. The van der Waals surface area contributed by atoms with Gasteiger partial charge in [0.2, 0.25) is 0 Å². The summed E-state index contributed by atoms with van der Waals surface area (Å²) in [5.74, 6) is 0. The molecule has 110 valence electrons. The number of thiophene rings is 1. The van der Waals surface area contributed by atoms with Crippen LogP contribution in [-0.2, 0) is 0 Å². The molecule has 0 radical (unpaired) electrons. The molecule has 0 bridgehead atoms. The maximum absolute atomic E-state index is 10.7. The van der Waals surface area contributed by atoms with Crippen LogP contribution >= 0.6 is 22.7 Å². The van der Waals surface area contributed by atoms with Crippen LogP contribution in [0.5, 0.6) is 0 Å². The van der Waals surface area contributed by atoms with Gasteiger partial charge in [-0.1, -0.05) is 11.3 Å². The predicted octanol–water partition coefficient (Wildman–Crippen LogP) is 3.60. The lowest BCUT2D eigenvalue weighted by Gasteiger charge is -2.22. The Morgan fingerprint density at radius 2 is 2.14 bits per heavy atom. The van der Waals surface area contributed by atoms with Gasteiger partial charge in [-0.15, -0.1) is 11.3 Å². The molecule has 21 heavy (non-hydrogen) atoms. The molecular formula is C13H14N4O2S2. The number of nitrogens with zero attached hydrogens (tertiary/aromatic N) is 4. The van der Waals surface area contributed by atoms with E-state index >= 15 is 0 Å². The van der Waals surface area contributed by atoms with Gasteiger partial charge in [0.05, 0.1) is 21.7 Å². The summed E-state index contributed by atoms with van der Waals surface area (Å²) in [7, 11) is 0. The molecule has 0 spiro atoms. The van der Waals surface area contributed by atoms with Crippen LogP contribution < -0.4 is 0 Å². The molecule has 3 heterocycles. The zero-order valence-corrected chi connectivity index (χ0v) is 12.9. The van der Waals surface area contributed by atoms with E-state index in [2.05, 4.69) is 15.1 Å². The monoisotopic (exact) mass is 322 g/mol. The van der Waals surface area contributed by atoms with Crippen molar-refractivity contribution in [2.45, 2.75) is 19.3 Å². The highest BCUT2D eigenvalue weighted by atomic mass is 32.1. The first-order chi connectivity index (χ1) is 10.2. The molecule has 2 aromatic rings. The van der Waals surface area contributed by atoms with Crippen molar-refractivity contribution in [1.29, 1.82) is 0 Å². The van der Waals surface area contributed by atoms with E-state index in [4.69, 9.17) is 0 Å². The van der Waals surface area contributed by atoms with Gasteiger partial charge in [-0.25, -0.2) is 4.98 Å². The Labute approximate surface area is 129 Å². The van der Waals surface area contributed by atoms with E-state index in [-0.39, 0.29) is 9.92 Å². The second-order valence-electron chi connectivity index (χ2n) is 4.73. The third kappa shape index (κ3) is 3.45. The predicted molar refractivity (Wildman–Crippen MR) is 85.1 cm³/mol. The summed E-state index contributed by atoms with van der Waals surface area (Å²) in [6.45, 7) is 2.01. The van der Waals surface area contributed by atoms with Crippen molar-refractivity contribution in [3.8, 4) is 9.88 Å². The van der Waals surface area contributed by atoms with Crippen LogP contribution in [0.25, 0.3) is 9.88 Å². The van der Waals surface area contributed by atoms with Crippen LogP contribution in [0.15, 0.2) is 22.6 Å². The molecule has 0 aliphatic carbocycles. The van der Waals surface area contributed by atoms with Gasteiger partial charge in [0.25, 0.3) is 0 Å². The Kier molecular flexibility index (Phi) is 4.26. The van der Waals surface area contributed by atoms with E-state index in [1.165, 1.54) is 36.7 Å². The third-order valence-corrected chi connectivity index (χ3v) is 5.26. The van der Waals surface area contributed by atoms with E-state index in [1.807, 2.05) is 5.38 Å². The minimum atomic E-state index is -0.375. The minimum absolute atomic E-state index is 0.142. The maximum atomic E-state index is 10.7. The van der Waals surface area contributed by atoms with E-state index in [0.29, 0.717) is 0 Å². The first-order valence-corrected chi connectivity index (χ1v) is 8.41. The van der Waals surface area contributed by atoms with Gasteiger partial charge in [0, 0.05) is 24.5 Å². The minimum Gasteiger partial charge on any atom is -0.297 e. The van der Waals surface area contributed by atoms with E-state index < -0.39 is 0 Å². The molecule has 1 aliphatic rings. The summed E-state index contributed by atoms with van der Waals surface area (Å²) in [5.41, 5.74) is 0.802. The Bertz CT molecular complexity index is 659. The highest BCUT2D eigenvalue weighted by Gasteiger charge is 2.13. The Balaban J connectivity index is 1.70. The Hall–Kier alpha value is -1.80. The summed E-state index contributed by atoms with van der Waals surface area (Å²) in [4.78, 5) is 15.6. The largest absolute Gasteiger partial charge is 0.324 e.